The molecule has 0 aromatic rings. The molecule has 0 aromatic heterocycles. The van der Waals surface area contributed by atoms with Gasteiger partial charge < -0.3 is 19.6 Å². The maximum Gasteiger partial charge on any atom is 0.469 e. The van der Waals surface area contributed by atoms with Crippen LogP contribution in [0.15, 0.2) is 0 Å². The van der Waals surface area contributed by atoms with Gasteiger partial charge in [0.1, 0.15) is 0 Å². The Balaban J connectivity index is 3.63. The summed E-state index contributed by atoms with van der Waals surface area (Å²) in [6, 6.07) is 0. The van der Waals surface area contributed by atoms with Crippen molar-refractivity contribution in [3.05, 3.63) is 0 Å². The Kier molecular flexibility index (Phi) is 8.71. The van der Waals surface area contributed by atoms with Crippen LogP contribution in [0.25, 0.3) is 0 Å². The summed E-state index contributed by atoms with van der Waals surface area (Å²) >= 11 is 0. The van der Waals surface area contributed by atoms with E-state index in [4.69, 9.17) is 19.6 Å². The molecule has 0 radical (unpaired) electrons. The van der Waals surface area contributed by atoms with E-state index in [0.717, 1.165) is 25.7 Å². The fourth-order valence-corrected chi connectivity index (χ4v) is 2.46. The smallest absolute Gasteiger partial charge is 0.303 e. The Morgan fingerprint density at radius 3 is 1.85 bits per heavy atom. The molecule has 0 spiro atoms. The minimum atomic E-state index is -4.42. The molecule has 0 aliphatic heterocycles. The van der Waals surface area contributed by atoms with E-state index in [9.17, 15) is 9.13 Å². The third-order valence-corrected chi connectivity index (χ3v) is 3.62. The molecule has 4 N–H and O–H groups in total. The highest BCUT2D eigenvalue weighted by Crippen LogP contribution is 2.39. The zero-order valence-corrected chi connectivity index (χ0v) is 13.6. The summed E-state index contributed by atoms with van der Waals surface area (Å²) in [7, 11) is -8.79. The number of rotatable bonds is 11. The number of hydrogen-bond donors (Lipinski definition) is 4. The lowest BCUT2D eigenvalue weighted by atomic mass is 9.88. The molecular formula is C10H24O8P2. The topological polar surface area (TPSA) is 134 Å². The van der Waals surface area contributed by atoms with Crippen molar-refractivity contribution in [2.75, 3.05) is 13.2 Å². The van der Waals surface area contributed by atoms with E-state index in [-0.39, 0.29) is 18.6 Å². The zero-order chi connectivity index (χ0) is 15.9. The van der Waals surface area contributed by atoms with Gasteiger partial charge in [-0.15, -0.1) is 0 Å². The van der Waals surface area contributed by atoms with Crippen LogP contribution in [0.2, 0.25) is 0 Å². The number of phosphoric ester groups is 2. The van der Waals surface area contributed by atoms with Gasteiger partial charge in [-0.05, 0) is 18.3 Å². The van der Waals surface area contributed by atoms with Crippen molar-refractivity contribution in [2.45, 2.75) is 46.0 Å². The third-order valence-electron chi connectivity index (χ3n) is 2.63. The molecule has 0 saturated carbocycles. The molecule has 0 rings (SSSR count). The summed E-state index contributed by atoms with van der Waals surface area (Å²) in [4.78, 5) is 34.2. The predicted octanol–water partition coefficient (Wildman–Crippen LogP) is 2.18. The fraction of sp³-hybridized carbons (Fsp3) is 1.00. The van der Waals surface area contributed by atoms with Crippen molar-refractivity contribution in [1.29, 1.82) is 0 Å². The highest BCUT2D eigenvalue weighted by molar-refractivity contribution is 7.46. The van der Waals surface area contributed by atoms with E-state index >= 15 is 0 Å². The van der Waals surface area contributed by atoms with E-state index in [1.165, 1.54) is 0 Å². The lowest BCUT2D eigenvalue weighted by Crippen LogP contribution is -2.18. The van der Waals surface area contributed by atoms with Crippen LogP contribution in [0.1, 0.15) is 46.0 Å². The SMILES string of the molecule is CC(C)(CCCCCCOP(=O)(O)O)COP(=O)(O)O. The molecule has 122 valence electrons. The summed E-state index contributed by atoms with van der Waals surface area (Å²) in [5.41, 5.74) is -0.330. The molecule has 8 nitrogen and oxygen atoms in total. The van der Waals surface area contributed by atoms with Gasteiger partial charge in [0.15, 0.2) is 0 Å². The first-order valence-electron chi connectivity index (χ1n) is 6.31. The van der Waals surface area contributed by atoms with Gasteiger partial charge in [-0.1, -0.05) is 33.1 Å². The van der Waals surface area contributed by atoms with Gasteiger partial charge >= 0.3 is 15.6 Å². The molecule has 0 saturated heterocycles. The van der Waals surface area contributed by atoms with Crippen LogP contribution in [0, 0.1) is 5.41 Å². The third kappa shape index (κ3) is 14.6. The summed E-state index contributed by atoms with van der Waals surface area (Å²) in [5, 5.41) is 0. The Hall–Kier alpha value is 0.220. The van der Waals surface area contributed by atoms with Crippen molar-refractivity contribution in [3.63, 3.8) is 0 Å². The number of unbranched alkanes of at least 4 members (excludes halogenated alkanes) is 3. The molecule has 0 aliphatic carbocycles. The molecule has 0 fully saturated rings. The highest BCUT2D eigenvalue weighted by Gasteiger charge is 2.23. The van der Waals surface area contributed by atoms with Gasteiger partial charge in [-0.2, -0.15) is 0 Å². The summed E-state index contributed by atoms with van der Waals surface area (Å²) in [6.07, 6.45) is 3.77. The van der Waals surface area contributed by atoms with Gasteiger partial charge in [-0.25, -0.2) is 9.13 Å². The number of phosphoric acid groups is 2. The maximum atomic E-state index is 10.6. The summed E-state index contributed by atoms with van der Waals surface area (Å²) in [5.74, 6) is 0. The minimum Gasteiger partial charge on any atom is -0.303 e. The Bertz CT molecular complexity index is 358. The van der Waals surface area contributed by atoms with E-state index in [1.807, 2.05) is 13.8 Å². The van der Waals surface area contributed by atoms with Crippen molar-refractivity contribution in [3.8, 4) is 0 Å². The second-order valence-electron chi connectivity index (χ2n) is 5.42. The van der Waals surface area contributed by atoms with Crippen molar-refractivity contribution < 1.29 is 37.8 Å². The van der Waals surface area contributed by atoms with E-state index in [2.05, 4.69) is 9.05 Å². The molecular weight excluding hydrogens is 310 g/mol. The summed E-state index contributed by atoms with van der Waals surface area (Å²) < 4.78 is 29.8. The monoisotopic (exact) mass is 334 g/mol. The van der Waals surface area contributed by atoms with E-state index in [1.54, 1.807) is 0 Å². The first-order valence-corrected chi connectivity index (χ1v) is 9.38. The van der Waals surface area contributed by atoms with Gasteiger partial charge in [0, 0.05) is 0 Å². The van der Waals surface area contributed by atoms with Crippen LogP contribution < -0.4 is 0 Å². The number of hydrogen-bond acceptors (Lipinski definition) is 4. The highest BCUT2D eigenvalue weighted by atomic mass is 31.2. The molecule has 0 atom stereocenters. The molecule has 0 bridgehead atoms. The van der Waals surface area contributed by atoms with Crippen LogP contribution in [0.4, 0.5) is 0 Å². The maximum absolute atomic E-state index is 10.6. The second kappa shape index (κ2) is 8.61. The molecule has 10 heteroatoms. The molecule has 0 aromatic carbocycles. The Labute approximate surface area is 119 Å². The molecule has 20 heavy (non-hydrogen) atoms. The normalized spacial score (nSPS) is 13.7. The first-order chi connectivity index (χ1) is 8.91. The van der Waals surface area contributed by atoms with Crippen LogP contribution in [-0.2, 0) is 18.2 Å². The van der Waals surface area contributed by atoms with Crippen molar-refractivity contribution >= 4 is 15.6 Å². The van der Waals surface area contributed by atoms with Gasteiger partial charge in [-0.3, -0.25) is 9.05 Å². The molecule has 0 amide bonds. The summed E-state index contributed by atoms with van der Waals surface area (Å²) in [6.45, 7) is 3.73. The quantitative estimate of drug-likeness (QED) is 0.334. The van der Waals surface area contributed by atoms with Gasteiger partial charge in [0.2, 0.25) is 0 Å². The molecule has 0 unspecified atom stereocenters. The standard InChI is InChI=1S/C10H24O8P2/c1-10(2,9-18-20(14,15)16)7-5-3-4-6-8-17-19(11,12)13/h3-9H2,1-2H3,(H2,11,12,13)(H2,14,15,16). The first kappa shape index (κ1) is 20.2. The minimum absolute atomic E-state index is 0.0153. The van der Waals surface area contributed by atoms with Crippen LogP contribution in [-0.4, -0.2) is 32.8 Å². The predicted molar refractivity (Wildman–Crippen MR) is 72.9 cm³/mol. The van der Waals surface area contributed by atoms with Gasteiger partial charge in [0.25, 0.3) is 0 Å². The molecule has 0 heterocycles. The lowest BCUT2D eigenvalue weighted by molar-refractivity contribution is 0.120. The van der Waals surface area contributed by atoms with Crippen LogP contribution in [0.5, 0.6) is 0 Å². The van der Waals surface area contributed by atoms with E-state index < -0.39 is 15.6 Å². The average Bonchev–Trinajstić information content (AvgIpc) is 2.23. The Morgan fingerprint density at radius 1 is 0.850 bits per heavy atom. The average molecular weight is 334 g/mol. The van der Waals surface area contributed by atoms with Crippen molar-refractivity contribution in [2.24, 2.45) is 5.41 Å². The van der Waals surface area contributed by atoms with Crippen LogP contribution >= 0.6 is 15.6 Å². The Morgan fingerprint density at radius 2 is 1.35 bits per heavy atom. The molecule has 0 aliphatic rings. The van der Waals surface area contributed by atoms with E-state index in [0.29, 0.717) is 6.42 Å². The lowest BCUT2D eigenvalue weighted by Gasteiger charge is -2.24. The zero-order valence-electron chi connectivity index (χ0n) is 11.8. The van der Waals surface area contributed by atoms with Crippen LogP contribution in [0.3, 0.4) is 0 Å². The fourth-order valence-electron chi connectivity index (χ4n) is 1.57. The van der Waals surface area contributed by atoms with Crippen molar-refractivity contribution in [1.82, 2.24) is 0 Å². The second-order valence-corrected chi connectivity index (χ2v) is 7.89. The van der Waals surface area contributed by atoms with Gasteiger partial charge in [0.05, 0.1) is 13.2 Å². The largest absolute Gasteiger partial charge is 0.469 e.